The van der Waals surface area contributed by atoms with Crippen molar-refractivity contribution in [3.05, 3.63) is 70.0 Å². The predicted octanol–water partition coefficient (Wildman–Crippen LogP) is 4.43. The van der Waals surface area contributed by atoms with Crippen molar-refractivity contribution in [3.63, 3.8) is 0 Å². The monoisotopic (exact) mass is 355 g/mol. The van der Waals surface area contributed by atoms with Gasteiger partial charge in [0.25, 0.3) is 0 Å². The van der Waals surface area contributed by atoms with Crippen molar-refractivity contribution in [2.45, 2.75) is 6.92 Å². The van der Waals surface area contributed by atoms with Gasteiger partial charge in [-0.1, -0.05) is 18.2 Å². The van der Waals surface area contributed by atoms with Gasteiger partial charge in [0.05, 0.1) is 7.11 Å². The largest absolute Gasteiger partial charge is 0.465 e. The fourth-order valence-electron chi connectivity index (χ4n) is 2.36. The molecule has 0 fully saturated rings. The van der Waals surface area contributed by atoms with Gasteiger partial charge in [-0.05, 0) is 42.3 Å². The number of ether oxygens (including phenoxy) is 1. The van der Waals surface area contributed by atoms with E-state index in [0.29, 0.717) is 15.3 Å². The van der Waals surface area contributed by atoms with Gasteiger partial charge >= 0.3 is 5.97 Å². The van der Waals surface area contributed by atoms with Crippen LogP contribution in [0.15, 0.2) is 42.6 Å². The van der Waals surface area contributed by atoms with Gasteiger partial charge in [-0.3, -0.25) is 4.79 Å². The number of carbonyl (C=O) groups is 2. The van der Waals surface area contributed by atoms with E-state index in [9.17, 15) is 14.0 Å². The van der Waals surface area contributed by atoms with Crippen molar-refractivity contribution in [2.24, 2.45) is 0 Å². The highest BCUT2D eigenvalue weighted by Gasteiger charge is 2.17. The zero-order valence-corrected chi connectivity index (χ0v) is 14.4. The minimum Gasteiger partial charge on any atom is -0.465 e. The third-order valence-electron chi connectivity index (χ3n) is 3.75. The van der Waals surface area contributed by atoms with Crippen LogP contribution in [-0.2, 0) is 4.74 Å². The molecular weight excluding hydrogens is 341 g/mol. The number of methoxy groups -OCH3 is 1. The summed E-state index contributed by atoms with van der Waals surface area (Å²) in [7, 11) is 1.33. The molecule has 2 aromatic heterocycles. The van der Waals surface area contributed by atoms with E-state index >= 15 is 0 Å². The lowest BCUT2D eigenvalue weighted by Crippen LogP contribution is -1.99. The van der Waals surface area contributed by atoms with E-state index < -0.39 is 5.97 Å². The smallest absolute Gasteiger partial charge is 0.348 e. The molecule has 0 unspecified atom stereocenters. The first-order chi connectivity index (χ1) is 12.0. The van der Waals surface area contributed by atoms with Crippen LogP contribution in [0.2, 0.25) is 0 Å². The van der Waals surface area contributed by atoms with Crippen LogP contribution in [0.3, 0.4) is 0 Å². The van der Waals surface area contributed by atoms with Crippen molar-refractivity contribution >= 4 is 39.4 Å². The topological polar surface area (TPSA) is 56.3 Å². The fourth-order valence-corrected chi connectivity index (χ4v) is 3.41. The Morgan fingerprint density at radius 2 is 1.96 bits per heavy atom. The minimum absolute atomic E-state index is 0.219. The highest BCUT2D eigenvalue weighted by molar-refractivity contribution is 7.20. The molecule has 3 rings (SSSR count). The molecule has 0 amide bonds. The molecule has 25 heavy (non-hydrogen) atoms. The highest BCUT2D eigenvalue weighted by atomic mass is 32.1. The molecule has 2 heterocycles. The Bertz CT molecular complexity index is 990. The van der Waals surface area contributed by atoms with Crippen LogP contribution in [0.25, 0.3) is 16.3 Å². The van der Waals surface area contributed by atoms with Crippen molar-refractivity contribution < 1.29 is 18.7 Å². The SMILES string of the molecule is COC(=O)c1sc2ncc(C(=O)/C=C/c3ccc(F)cc3)cc2c1C. The third kappa shape index (κ3) is 3.49. The molecule has 0 saturated heterocycles. The maximum Gasteiger partial charge on any atom is 0.348 e. The summed E-state index contributed by atoms with van der Waals surface area (Å²) in [5.41, 5.74) is 1.89. The number of thiophene rings is 1. The summed E-state index contributed by atoms with van der Waals surface area (Å²) >= 11 is 1.24. The number of aromatic nitrogens is 1. The molecule has 3 aromatic rings. The Labute approximate surface area is 147 Å². The van der Waals surface area contributed by atoms with Gasteiger partial charge in [-0.25, -0.2) is 14.2 Å². The fraction of sp³-hybridized carbons (Fsp3) is 0.105. The van der Waals surface area contributed by atoms with Crippen LogP contribution in [-0.4, -0.2) is 23.8 Å². The van der Waals surface area contributed by atoms with E-state index in [1.807, 2.05) is 0 Å². The summed E-state index contributed by atoms with van der Waals surface area (Å²) in [6.45, 7) is 1.80. The van der Waals surface area contributed by atoms with E-state index in [2.05, 4.69) is 4.98 Å². The second kappa shape index (κ2) is 6.94. The quantitative estimate of drug-likeness (QED) is 0.395. The number of fused-ring (bicyclic) bond motifs is 1. The zero-order valence-electron chi connectivity index (χ0n) is 13.6. The van der Waals surface area contributed by atoms with Gasteiger partial charge in [0.2, 0.25) is 0 Å². The lowest BCUT2D eigenvalue weighted by atomic mass is 10.1. The molecular formula is C19H14FNO3S. The Balaban J connectivity index is 1.90. The second-order valence-corrected chi connectivity index (χ2v) is 6.37. The summed E-state index contributed by atoms with van der Waals surface area (Å²) in [6.07, 6.45) is 4.52. The first kappa shape index (κ1) is 17.0. The molecule has 0 atom stereocenters. The summed E-state index contributed by atoms with van der Waals surface area (Å²) in [6, 6.07) is 7.57. The average Bonchev–Trinajstić information content (AvgIpc) is 2.96. The normalized spacial score (nSPS) is 11.2. The van der Waals surface area contributed by atoms with Crippen LogP contribution in [0.1, 0.15) is 31.2 Å². The first-order valence-electron chi connectivity index (χ1n) is 7.45. The minimum atomic E-state index is -0.412. The number of halogens is 1. The summed E-state index contributed by atoms with van der Waals surface area (Å²) < 4.78 is 17.6. The molecule has 0 aliphatic rings. The number of ketones is 1. The number of carbonyl (C=O) groups excluding carboxylic acids is 2. The zero-order chi connectivity index (χ0) is 18.0. The van der Waals surface area contributed by atoms with E-state index in [1.54, 1.807) is 31.2 Å². The molecule has 0 bridgehead atoms. The van der Waals surface area contributed by atoms with Crippen LogP contribution in [0.5, 0.6) is 0 Å². The number of pyridine rings is 1. The number of nitrogens with zero attached hydrogens (tertiary/aromatic N) is 1. The van der Waals surface area contributed by atoms with Crippen LogP contribution < -0.4 is 0 Å². The number of hydrogen-bond acceptors (Lipinski definition) is 5. The third-order valence-corrected chi connectivity index (χ3v) is 4.94. The summed E-state index contributed by atoms with van der Waals surface area (Å²) in [5.74, 6) is -0.957. The molecule has 0 N–H and O–H groups in total. The number of benzene rings is 1. The number of hydrogen-bond donors (Lipinski definition) is 0. The first-order valence-corrected chi connectivity index (χ1v) is 8.26. The summed E-state index contributed by atoms with van der Waals surface area (Å²) in [5, 5.41) is 0.756. The highest BCUT2D eigenvalue weighted by Crippen LogP contribution is 2.30. The Kier molecular flexibility index (Phi) is 4.72. The Morgan fingerprint density at radius 3 is 2.64 bits per heavy atom. The van der Waals surface area contributed by atoms with Gasteiger partial charge in [0, 0.05) is 17.1 Å². The number of allylic oxidation sites excluding steroid dienone is 1. The van der Waals surface area contributed by atoms with Crippen LogP contribution in [0.4, 0.5) is 4.39 Å². The number of esters is 1. The van der Waals surface area contributed by atoms with E-state index in [1.165, 1.54) is 42.9 Å². The van der Waals surface area contributed by atoms with E-state index in [-0.39, 0.29) is 11.6 Å². The molecule has 4 nitrogen and oxygen atoms in total. The lowest BCUT2D eigenvalue weighted by Gasteiger charge is -1.98. The lowest BCUT2D eigenvalue weighted by molar-refractivity contribution is 0.0605. The molecule has 126 valence electrons. The molecule has 0 radical (unpaired) electrons. The Hall–Kier alpha value is -2.86. The van der Waals surface area contributed by atoms with E-state index in [0.717, 1.165) is 16.5 Å². The maximum absolute atomic E-state index is 12.9. The van der Waals surface area contributed by atoms with E-state index in [4.69, 9.17) is 4.74 Å². The van der Waals surface area contributed by atoms with Gasteiger partial charge < -0.3 is 4.74 Å². The van der Waals surface area contributed by atoms with Crippen molar-refractivity contribution in [2.75, 3.05) is 7.11 Å². The standard InChI is InChI=1S/C19H14FNO3S/c1-11-15-9-13(10-21-18(15)25-17(11)19(23)24-2)16(22)8-5-12-3-6-14(20)7-4-12/h3-10H,1-2H3/b8-5+. The van der Waals surface area contributed by atoms with Gasteiger partial charge in [-0.2, -0.15) is 0 Å². The predicted molar refractivity (Wildman–Crippen MR) is 95.5 cm³/mol. The summed E-state index contributed by atoms with van der Waals surface area (Å²) in [4.78, 5) is 29.5. The Morgan fingerprint density at radius 1 is 1.24 bits per heavy atom. The van der Waals surface area contributed by atoms with Crippen molar-refractivity contribution in [1.29, 1.82) is 0 Å². The van der Waals surface area contributed by atoms with Gasteiger partial charge in [-0.15, -0.1) is 11.3 Å². The molecule has 0 spiro atoms. The molecule has 6 heteroatoms. The van der Waals surface area contributed by atoms with Gasteiger partial charge in [0.1, 0.15) is 15.5 Å². The molecule has 0 aliphatic carbocycles. The van der Waals surface area contributed by atoms with Crippen molar-refractivity contribution in [1.82, 2.24) is 4.98 Å². The number of aryl methyl sites for hydroxylation is 1. The van der Waals surface area contributed by atoms with Crippen molar-refractivity contribution in [3.8, 4) is 0 Å². The maximum atomic E-state index is 12.9. The second-order valence-electron chi connectivity index (χ2n) is 5.37. The number of rotatable bonds is 4. The van der Waals surface area contributed by atoms with Crippen LogP contribution >= 0.6 is 11.3 Å². The molecule has 0 saturated carbocycles. The van der Waals surface area contributed by atoms with Crippen LogP contribution in [0, 0.1) is 12.7 Å². The molecule has 0 aliphatic heterocycles. The average molecular weight is 355 g/mol. The molecule has 1 aromatic carbocycles. The van der Waals surface area contributed by atoms with Gasteiger partial charge in [0.15, 0.2) is 5.78 Å².